The number of nitrogens with one attached hydrogen (secondary N) is 1. The van der Waals surface area contributed by atoms with Gasteiger partial charge in [0.2, 0.25) is 11.8 Å². The first kappa shape index (κ1) is 17.5. The Morgan fingerprint density at radius 1 is 1.19 bits per heavy atom. The summed E-state index contributed by atoms with van der Waals surface area (Å²) in [4.78, 5) is 40.5. The minimum atomic E-state index is -1.46. The summed E-state index contributed by atoms with van der Waals surface area (Å²) >= 11 is 0. The largest absolute Gasteiger partial charge is 0.468 e. The molecule has 2 amide bonds. The molecule has 2 saturated heterocycles. The molecule has 0 spiro atoms. The Bertz CT molecular complexity index is 879. The standard InChI is InChI=1S/C20H20N2O5/c1-3-22-17(23)14-15(18(22)24)20(19(25)26-2,12-8-5-4-6-9-12)21-16(14)13-10-7-11-27-13/h4-11,14-16,21H,3H2,1-2H3/t14-,15+,16-,20-/m0/s1. The van der Waals surface area contributed by atoms with Gasteiger partial charge in [-0.3, -0.25) is 19.8 Å². The summed E-state index contributed by atoms with van der Waals surface area (Å²) < 4.78 is 10.6. The molecule has 140 valence electrons. The molecule has 2 aliphatic rings. The van der Waals surface area contributed by atoms with Gasteiger partial charge in [-0.2, -0.15) is 0 Å². The first-order chi connectivity index (χ1) is 13.1. The molecular weight excluding hydrogens is 348 g/mol. The zero-order chi connectivity index (χ0) is 19.2. The van der Waals surface area contributed by atoms with Crippen molar-refractivity contribution in [1.29, 1.82) is 0 Å². The molecule has 1 aromatic heterocycles. The molecule has 0 bridgehead atoms. The SMILES string of the molecule is CCN1C(=O)[C@@H]2[C@H](c3ccco3)N[C@@](C(=O)OC)(c3ccccc3)[C@H]2C1=O. The number of likely N-dealkylation sites (tertiary alicyclic amines) is 1. The van der Waals surface area contributed by atoms with Crippen LogP contribution < -0.4 is 5.32 Å². The Labute approximate surface area is 156 Å². The van der Waals surface area contributed by atoms with Gasteiger partial charge in [-0.1, -0.05) is 30.3 Å². The summed E-state index contributed by atoms with van der Waals surface area (Å²) in [6.45, 7) is 2.00. The predicted octanol–water partition coefficient (Wildman–Crippen LogP) is 1.61. The van der Waals surface area contributed by atoms with Crippen molar-refractivity contribution in [2.75, 3.05) is 13.7 Å². The van der Waals surface area contributed by atoms with Crippen molar-refractivity contribution in [2.24, 2.45) is 11.8 Å². The van der Waals surface area contributed by atoms with Gasteiger partial charge in [-0.15, -0.1) is 0 Å². The van der Waals surface area contributed by atoms with E-state index in [1.54, 1.807) is 43.3 Å². The molecule has 2 aliphatic heterocycles. The van der Waals surface area contributed by atoms with E-state index >= 15 is 0 Å². The number of furan rings is 1. The minimum absolute atomic E-state index is 0.252. The molecule has 2 aromatic rings. The number of imide groups is 1. The summed E-state index contributed by atoms with van der Waals surface area (Å²) in [6, 6.07) is 11.8. The molecule has 0 aliphatic carbocycles. The van der Waals surface area contributed by atoms with E-state index in [-0.39, 0.29) is 18.4 Å². The normalized spacial score (nSPS) is 29.9. The van der Waals surface area contributed by atoms with E-state index in [1.807, 2.05) is 6.07 Å². The summed E-state index contributed by atoms with van der Waals surface area (Å²) in [7, 11) is 1.28. The van der Waals surface area contributed by atoms with Gasteiger partial charge in [-0.05, 0) is 24.6 Å². The van der Waals surface area contributed by atoms with Gasteiger partial charge in [0.25, 0.3) is 0 Å². The van der Waals surface area contributed by atoms with Gasteiger partial charge in [0.05, 0.1) is 31.3 Å². The number of ether oxygens (including phenoxy) is 1. The van der Waals surface area contributed by atoms with Gasteiger partial charge >= 0.3 is 5.97 Å². The van der Waals surface area contributed by atoms with Crippen molar-refractivity contribution >= 4 is 17.8 Å². The molecule has 4 rings (SSSR count). The third kappa shape index (κ3) is 2.28. The molecule has 2 fully saturated rings. The van der Waals surface area contributed by atoms with E-state index in [9.17, 15) is 14.4 Å². The molecule has 7 nitrogen and oxygen atoms in total. The zero-order valence-corrected chi connectivity index (χ0v) is 15.0. The lowest BCUT2D eigenvalue weighted by Crippen LogP contribution is -2.53. The second-order valence-electron chi connectivity index (χ2n) is 6.73. The number of nitrogens with zero attached hydrogens (tertiary/aromatic N) is 1. The summed E-state index contributed by atoms with van der Waals surface area (Å²) in [5.41, 5.74) is -0.880. The van der Waals surface area contributed by atoms with E-state index in [0.29, 0.717) is 11.3 Å². The first-order valence-corrected chi connectivity index (χ1v) is 8.86. The number of hydrogen-bond acceptors (Lipinski definition) is 6. The predicted molar refractivity (Wildman–Crippen MR) is 94.1 cm³/mol. The van der Waals surface area contributed by atoms with Gasteiger partial charge in [0.1, 0.15) is 5.76 Å². The Kier molecular flexibility index (Phi) is 4.11. The zero-order valence-electron chi connectivity index (χ0n) is 15.0. The molecule has 27 heavy (non-hydrogen) atoms. The van der Waals surface area contributed by atoms with Crippen molar-refractivity contribution in [2.45, 2.75) is 18.5 Å². The molecule has 0 radical (unpaired) electrons. The second kappa shape index (κ2) is 6.35. The van der Waals surface area contributed by atoms with Crippen LogP contribution in [0.5, 0.6) is 0 Å². The second-order valence-corrected chi connectivity index (χ2v) is 6.73. The number of fused-ring (bicyclic) bond motifs is 1. The van der Waals surface area contributed by atoms with Crippen LogP contribution >= 0.6 is 0 Å². The molecular formula is C20H20N2O5. The highest BCUT2D eigenvalue weighted by atomic mass is 16.5. The Hall–Kier alpha value is -2.93. The number of carbonyl (C=O) groups excluding carboxylic acids is 3. The van der Waals surface area contributed by atoms with Crippen LogP contribution in [0.2, 0.25) is 0 Å². The average Bonchev–Trinajstić information content (AvgIpc) is 3.39. The lowest BCUT2D eigenvalue weighted by molar-refractivity contribution is -0.154. The van der Waals surface area contributed by atoms with E-state index in [0.717, 1.165) is 0 Å². The van der Waals surface area contributed by atoms with Crippen LogP contribution in [0.4, 0.5) is 0 Å². The Balaban J connectivity index is 1.95. The first-order valence-electron chi connectivity index (χ1n) is 8.86. The Morgan fingerprint density at radius 3 is 2.52 bits per heavy atom. The monoisotopic (exact) mass is 368 g/mol. The van der Waals surface area contributed by atoms with Gasteiger partial charge < -0.3 is 9.15 Å². The molecule has 7 heteroatoms. The topological polar surface area (TPSA) is 88.8 Å². The van der Waals surface area contributed by atoms with Gasteiger partial charge in [0.15, 0.2) is 5.54 Å². The van der Waals surface area contributed by atoms with Crippen LogP contribution in [-0.4, -0.2) is 36.3 Å². The highest BCUT2D eigenvalue weighted by Crippen LogP contribution is 2.53. The van der Waals surface area contributed by atoms with Crippen LogP contribution in [0, 0.1) is 11.8 Å². The minimum Gasteiger partial charge on any atom is -0.468 e. The van der Waals surface area contributed by atoms with E-state index in [1.165, 1.54) is 18.3 Å². The number of carbonyl (C=O) groups is 3. The van der Waals surface area contributed by atoms with Crippen molar-refractivity contribution in [3.8, 4) is 0 Å². The van der Waals surface area contributed by atoms with E-state index in [4.69, 9.17) is 9.15 Å². The molecule has 4 atom stereocenters. The van der Waals surface area contributed by atoms with Gasteiger partial charge in [0, 0.05) is 6.54 Å². The number of methoxy groups -OCH3 is 1. The van der Waals surface area contributed by atoms with Crippen LogP contribution in [-0.2, 0) is 24.7 Å². The fourth-order valence-electron chi connectivity index (χ4n) is 4.42. The summed E-state index contributed by atoms with van der Waals surface area (Å²) in [6.07, 6.45) is 1.51. The number of benzene rings is 1. The van der Waals surface area contributed by atoms with E-state index < -0.39 is 29.4 Å². The highest BCUT2D eigenvalue weighted by Gasteiger charge is 2.69. The lowest BCUT2D eigenvalue weighted by Gasteiger charge is -2.32. The van der Waals surface area contributed by atoms with Crippen LogP contribution in [0.15, 0.2) is 53.1 Å². The van der Waals surface area contributed by atoms with Gasteiger partial charge in [-0.25, -0.2) is 4.79 Å². The summed E-state index contributed by atoms with van der Waals surface area (Å²) in [5.74, 6) is -2.42. The van der Waals surface area contributed by atoms with Crippen LogP contribution in [0.3, 0.4) is 0 Å². The van der Waals surface area contributed by atoms with Crippen LogP contribution in [0.25, 0.3) is 0 Å². The highest BCUT2D eigenvalue weighted by molar-refractivity contribution is 6.09. The maximum Gasteiger partial charge on any atom is 0.331 e. The van der Waals surface area contributed by atoms with Crippen molar-refractivity contribution in [3.63, 3.8) is 0 Å². The third-order valence-electron chi connectivity index (χ3n) is 5.55. The van der Waals surface area contributed by atoms with Crippen molar-refractivity contribution in [3.05, 3.63) is 60.1 Å². The fourth-order valence-corrected chi connectivity index (χ4v) is 4.42. The third-order valence-corrected chi connectivity index (χ3v) is 5.55. The summed E-state index contributed by atoms with van der Waals surface area (Å²) in [5, 5.41) is 3.24. The number of amides is 2. The fraction of sp³-hybridized carbons (Fsp3) is 0.350. The van der Waals surface area contributed by atoms with Crippen molar-refractivity contribution in [1.82, 2.24) is 10.2 Å². The number of hydrogen-bond donors (Lipinski definition) is 1. The molecule has 1 aromatic carbocycles. The van der Waals surface area contributed by atoms with E-state index in [2.05, 4.69) is 5.32 Å². The number of rotatable bonds is 4. The average molecular weight is 368 g/mol. The smallest absolute Gasteiger partial charge is 0.331 e. The lowest BCUT2D eigenvalue weighted by atomic mass is 9.75. The quantitative estimate of drug-likeness (QED) is 0.652. The van der Waals surface area contributed by atoms with Crippen molar-refractivity contribution < 1.29 is 23.5 Å². The molecule has 3 heterocycles. The number of esters is 1. The maximum atomic E-state index is 13.2. The maximum absolute atomic E-state index is 13.2. The van der Waals surface area contributed by atoms with Crippen LogP contribution in [0.1, 0.15) is 24.3 Å². The molecule has 1 N–H and O–H groups in total. The molecule has 0 unspecified atom stereocenters. The molecule has 0 saturated carbocycles. The Morgan fingerprint density at radius 2 is 1.93 bits per heavy atom.